The fraction of sp³-hybridized carbons (Fsp3) is 0.286. The van der Waals surface area contributed by atoms with Crippen LogP contribution in [0.2, 0.25) is 0 Å². The summed E-state index contributed by atoms with van der Waals surface area (Å²) in [6.07, 6.45) is 3.97. The van der Waals surface area contributed by atoms with E-state index in [0.29, 0.717) is 6.42 Å². The smallest absolute Gasteiger partial charge is 0.310 e. The van der Waals surface area contributed by atoms with E-state index >= 15 is 0 Å². The molecule has 0 spiro atoms. The number of aromatic nitrogens is 1. The van der Waals surface area contributed by atoms with Gasteiger partial charge in [-0.15, -0.1) is 11.3 Å². The van der Waals surface area contributed by atoms with Gasteiger partial charge in [-0.25, -0.2) is 0 Å². The number of esters is 1. The van der Waals surface area contributed by atoms with Crippen molar-refractivity contribution in [2.75, 3.05) is 7.11 Å². The van der Waals surface area contributed by atoms with Crippen LogP contribution >= 0.6 is 11.3 Å². The van der Waals surface area contributed by atoms with Crippen LogP contribution < -0.4 is 5.32 Å². The van der Waals surface area contributed by atoms with E-state index in [4.69, 9.17) is 0 Å². The Labute approximate surface area is 116 Å². The molecule has 0 aliphatic carbocycles. The lowest BCUT2D eigenvalue weighted by molar-refractivity contribution is -0.139. The first-order valence-corrected chi connectivity index (χ1v) is 6.83. The number of nitrogens with zero attached hydrogens (tertiary/aromatic N) is 1. The first-order chi connectivity index (χ1) is 9.28. The molecule has 0 amide bonds. The molecule has 2 aromatic heterocycles. The Hall–Kier alpha value is -1.72. The van der Waals surface area contributed by atoms with Crippen LogP contribution in [-0.4, -0.2) is 18.1 Å². The first-order valence-electron chi connectivity index (χ1n) is 6.02. The zero-order valence-corrected chi connectivity index (χ0v) is 11.6. The van der Waals surface area contributed by atoms with Crippen LogP contribution in [0, 0.1) is 0 Å². The third-order valence-electron chi connectivity index (χ3n) is 2.61. The Morgan fingerprint density at radius 3 is 2.89 bits per heavy atom. The number of rotatable bonds is 6. The summed E-state index contributed by atoms with van der Waals surface area (Å²) in [5.41, 5.74) is 1.16. The molecule has 5 heteroatoms. The Bertz CT molecular complexity index is 525. The number of hydrogen-bond donors (Lipinski definition) is 1. The van der Waals surface area contributed by atoms with Gasteiger partial charge in [0.1, 0.15) is 0 Å². The van der Waals surface area contributed by atoms with Crippen molar-refractivity contribution in [2.24, 2.45) is 0 Å². The van der Waals surface area contributed by atoms with Gasteiger partial charge in [0.25, 0.3) is 0 Å². The van der Waals surface area contributed by atoms with Crippen LogP contribution in [0.1, 0.15) is 15.3 Å². The predicted molar refractivity (Wildman–Crippen MR) is 74.8 cm³/mol. The van der Waals surface area contributed by atoms with Crippen molar-refractivity contribution in [1.29, 1.82) is 0 Å². The number of thiophene rings is 1. The highest BCUT2D eigenvalue weighted by molar-refractivity contribution is 7.12. The second kappa shape index (κ2) is 7.01. The van der Waals surface area contributed by atoms with E-state index in [-0.39, 0.29) is 5.97 Å². The second-order valence-electron chi connectivity index (χ2n) is 4.09. The van der Waals surface area contributed by atoms with E-state index in [1.54, 1.807) is 17.5 Å². The summed E-state index contributed by atoms with van der Waals surface area (Å²) in [4.78, 5) is 17.5. The molecule has 2 heterocycles. The SMILES string of the molecule is COC(=O)Cc1ccc(CNCc2cccnc2)s1. The summed E-state index contributed by atoms with van der Waals surface area (Å²) in [6, 6.07) is 7.98. The molecule has 0 atom stereocenters. The van der Waals surface area contributed by atoms with Crippen LogP contribution in [-0.2, 0) is 29.0 Å². The zero-order chi connectivity index (χ0) is 13.5. The van der Waals surface area contributed by atoms with Crippen molar-refractivity contribution in [1.82, 2.24) is 10.3 Å². The fourth-order valence-electron chi connectivity index (χ4n) is 1.66. The van der Waals surface area contributed by atoms with E-state index in [9.17, 15) is 4.79 Å². The van der Waals surface area contributed by atoms with Crippen LogP contribution in [0.3, 0.4) is 0 Å². The monoisotopic (exact) mass is 276 g/mol. The fourth-order valence-corrected chi connectivity index (χ4v) is 2.63. The van der Waals surface area contributed by atoms with Crippen molar-refractivity contribution < 1.29 is 9.53 Å². The van der Waals surface area contributed by atoms with Gasteiger partial charge in [-0.05, 0) is 23.8 Å². The summed E-state index contributed by atoms with van der Waals surface area (Å²) >= 11 is 1.63. The highest BCUT2D eigenvalue weighted by Crippen LogP contribution is 2.17. The first kappa shape index (κ1) is 13.7. The van der Waals surface area contributed by atoms with Crippen LogP contribution in [0.15, 0.2) is 36.7 Å². The number of methoxy groups -OCH3 is 1. The number of nitrogens with one attached hydrogen (secondary N) is 1. The average Bonchev–Trinajstić information content (AvgIpc) is 2.87. The molecule has 0 fully saturated rings. The second-order valence-corrected chi connectivity index (χ2v) is 5.34. The van der Waals surface area contributed by atoms with E-state index in [2.05, 4.69) is 15.0 Å². The Morgan fingerprint density at radius 2 is 2.16 bits per heavy atom. The van der Waals surface area contributed by atoms with Crippen LogP contribution in [0.4, 0.5) is 0 Å². The molecular weight excluding hydrogens is 260 g/mol. The molecule has 0 aliphatic rings. The highest BCUT2D eigenvalue weighted by atomic mass is 32.1. The minimum absolute atomic E-state index is 0.197. The number of carbonyl (C=O) groups excluding carboxylic acids is 1. The molecule has 2 rings (SSSR count). The van der Waals surface area contributed by atoms with Crippen molar-refractivity contribution in [2.45, 2.75) is 19.5 Å². The molecule has 19 heavy (non-hydrogen) atoms. The van der Waals surface area contributed by atoms with Gasteiger partial charge in [0, 0.05) is 35.2 Å². The van der Waals surface area contributed by atoms with Gasteiger partial charge < -0.3 is 10.1 Å². The molecule has 0 aromatic carbocycles. The standard InChI is InChI=1S/C14H16N2O2S/c1-18-14(17)7-12-4-5-13(19-12)10-16-9-11-3-2-6-15-8-11/h2-6,8,16H,7,9-10H2,1H3. The minimum Gasteiger partial charge on any atom is -0.469 e. The molecule has 0 aliphatic heterocycles. The predicted octanol–water partition coefficient (Wildman–Crippen LogP) is 2.15. The molecule has 2 aromatic rings. The lowest BCUT2D eigenvalue weighted by atomic mass is 10.3. The minimum atomic E-state index is -0.197. The molecule has 4 nitrogen and oxygen atoms in total. The Morgan fingerprint density at radius 1 is 1.32 bits per heavy atom. The number of pyridine rings is 1. The maximum absolute atomic E-state index is 11.2. The van der Waals surface area contributed by atoms with Crippen LogP contribution in [0.25, 0.3) is 0 Å². The summed E-state index contributed by atoms with van der Waals surface area (Å²) in [7, 11) is 1.41. The van der Waals surface area contributed by atoms with Gasteiger partial charge in [-0.1, -0.05) is 6.07 Å². The average molecular weight is 276 g/mol. The quantitative estimate of drug-likeness (QED) is 0.821. The summed E-state index contributed by atoms with van der Waals surface area (Å²) in [5.74, 6) is -0.197. The molecule has 0 saturated carbocycles. The summed E-state index contributed by atoms with van der Waals surface area (Å²) < 4.78 is 4.65. The molecule has 0 unspecified atom stereocenters. The Kier molecular flexibility index (Phi) is 5.06. The van der Waals surface area contributed by atoms with Gasteiger partial charge in [-0.2, -0.15) is 0 Å². The number of hydrogen-bond acceptors (Lipinski definition) is 5. The molecular formula is C14H16N2O2S. The summed E-state index contributed by atoms with van der Waals surface area (Å²) in [5, 5.41) is 3.35. The van der Waals surface area contributed by atoms with E-state index in [1.165, 1.54) is 12.0 Å². The number of ether oxygens (including phenoxy) is 1. The van der Waals surface area contributed by atoms with Gasteiger partial charge in [0.2, 0.25) is 0 Å². The molecule has 1 N–H and O–H groups in total. The van der Waals surface area contributed by atoms with Gasteiger partial charge in [-0.3, -0.25) is 9.78 Å². The third-order valence-corrected chi connectivity index (χ3v) is 3.70. The molecule has 0 bridgehead atoms. The third kappa shape index (κ3) is 4.46. The van der Waals surface area contributed by atoms with Crippen LogP contribution in [0.5, 0.6) is 0 Å². The van der Waals surface area contributed by atoms with E-state index in [1.807, 2.05) is 30.5 Å². The topological polar surface area (TPSA) is 51.2 Å². The maximum atomic E-state index is 11.2. The molecule has 0 radical (unpaired) electrons. The highest BCUT2D eigenvalue weighted by Gasteiger charge is 2.06. The van der Waals surface area contributed by atoms with Crippen molar-refractivity contribution >= 4 is 17.3 Å². The molecule has 0 saturated heterocycles. The maximum Gasteiger partial charge on any atom is 0.310 e. The van der Waals surface area contributed by atoms with Gasteiger partial charge in [0.15, 0.2) is 0 Å². The van der Waals surface area contributed by atoms with E-state index in [0.717, 1.165) is 23.5 Å². The normalized spacial score (nSPS) is 10.4. The number of carbonyl (C=O) groups is 1. The molecule has 100 valence electrons. The van der Waals surface area contributed by atoms with Crippen molar-refractivity contribution in [3.05, 3.63) is 52.0 Å². The van der Waals surface area contributed by atoms with Gasteiger partial charge >= 0.3 is 5.97 Å². The lowest BCUT2D eigenvalue weighted by Crippen LogP contribution is -2.11. The zero-order valence-electron chi connectivity index (χ0n) is 10.8. The van der Waals surface area contributed by atoms with E-state index < -0.39 is 0 Å². The Balaban J connectivity index is 1.79. The van der Waals surface area contributed by atoms with Crippen molar-refractivity contribution in [3.63, 3.8) is 0 Å². The van der Waals surface area contributed by atoms with Crippen molar-refractivity contribution in [3.8, 4) is 0 Å². The largest absolute Gasteiger partial charge is 0.469 e. The lowest BCUT2D eigenvalue weighted by Gasteiger charge is -2.02. The summed E-state index contributed by atoms with van der Waals surface area (Å²) in [6.45, 7) is 1.58. The van der Waals surface area contributed by atoms with Gasteiger partial charge in [0.05, 0.1) is 13.5 Å².